The molecule has 15 heteroatoms. The van der Waals surface area contributed by atoms with Gasteiger partial charge in [-0.25, -0.2) is 9.78 Å². The van der Waals surface area contributed by atoms with Crippen LogP contribution < -0.4 is 11.1 Å². The molecule has 1 atom stereocenters. The van der Waals surface area contributed by atoms with Gasteiger partial charge < -0.3 is 25.5 Å². The zero-order valence-electron chi connectivity index (χ0n) is 26.5. The summed E-state index contributed by atoms with van der Waals surface area (Å²) in [5.41, 5.74) is 9.81. The number of carbonyl (C=O) groups is 4. The number of halogens is 3. The number of alkyl halides is 3. The lowest BCUT2D eigenvalue weighted by Crippen LogP contribution is -2.45. The van der Waals surface area contributed by atoms with Gasteiger partial charge in [-0.3, -0.25) is 19.4 Å². The molecule has 5 aromatic rings. The van der Waals surface area contributed by atoms with Crippen LogP contribution in [0.5, 0.6) is 0 Å². The first-order valence-corrected chi connectivity index (χ1v) is 16.5. The first-order valence-electron chi connectivity index (χ1n) is 15.6. The fourth-order valence-corrected chi connectivity index (χ4v) is 6.23. The molecule has 0 spiro atoms. The number of amides is 2. The zero-order chi connectivity index (χ0) is 35.8. The summed E-state index contributed by atoms with van der Waals surface area (Å²) < 4.78 is 37.4. The fraction of sp³-hybridized carbons (Fsp3) is 0.257. The normalized spacial score (nSPS) is 14.3. The Morgan fingerprint density at radius 2 is 1.72 bits per heavy atom. The van der Waals surface area contributed by atoms with E-state index >= 15 is 0 Å². The van der Waals surface area contributed by atoms with Crippen molar-refractivity contribution in [1.29, 1.82) is 0 Å². The van der Waals surface area contributed by atoms with Crippen LogP contribution in [0, 0.1) is 0 Å². The molecule has 11 nitrogen and oxygen atoms in total. The molecule has 6 rings (SSSR count). The molecule has 2 aromatic heterocycles. The highest BCUT2D eigenvalue weighted by atomic mass is 32.2. The summed E-state index contributed by atoms with van der Waals surface area (Å²) in [6, 6.07) is 22.3. The topological polar surface area (TPSA) is 169 Å². The Labute approximate surface area is 288 Å². The molecule has 1 saturated heterocycles. The smallest absolute Gasteiger partial charge is 0.475 e. The molecule has 0 bridgehead atoms. The van der Waals surface area contributed by atoms with Crippen molar-refractivity contribution in [2.24, 2.45) is 5.73 Å². The number of likely N-dealkylation sites (tertiary alicyclic amines) is 1. The number of Topliss-reactive ketones (excluding diaryl/α,β-unsaturated/α-hetero) is 1. The molecule has 1 aliphatic heterocycles. The summed E-state index contributed by atoms with van der Waals surface area (Å²) in [7, 11) is 0. The van der Waals surface area contributed by atoms with Crippen LogP contribution in [0.2, 0.25) is 0 Å². The van der Waals surface area contributed by atoms with Crippen molar-refractivity contribution in [1.82, 2.24) is 20.2 Å². The van der Waals surface area contributed by atoms with E-state index in [-0.39, 0.29) is 30.0 Å². The van der Waals surface area contributed by atoms with E-state index in [1.54, 1.807) is 36.2 Å². The minimum absolute atomic E-state index is 0.00557. The number of carboxylic acids is 1. The summed E-state index contributed by atoms with van der Waals surface area (Å²) in [5.74, 6) is -2.83. The Morgan fingerprint density at radius 1 is 1.00 bits per heavy atom. The average molecular weight is 708 g/mol. The van der Waals surface area contributed by atoms with Crippen LogP contribution in [0.15, 0.2) is 88.3 Å². The van der Waals surface area contributed by atoms with E-state index in [4.69, 9.17) is 20.1 Å². The number of nitrogens with two attached hydrogens (primary N) is 1. The van der Waals surface area contributed by atoms with Crippen LogP contribution in [-0.2, 0) is 9.59 Å². The maximum Gasteiger partial charge on any atom is 0.490 e. The number of hydrogen-bond donors (Lipinski definition) is 3. The van der Waals surface area contributed by atoms with Crippen LogP contribution in [0.3, 0.4) is 0 Å². The molecule has 50 heavy (non-hydrogen) atoms. The standard InChI is InChI=1S/C33H31N5O4S.C2HF3O2/c34-15-4-18-43-23-11-8-21(9-12-23)22-10-13-26-25(19-22)24(14-16-35-26)32(41)36-20-30(39)38-17-3-6-28(38)31(40)33-37-27-5-1-2-7-29(27)42-33;3-2(4,5)1(6)7/h1-2,5,7-14,16,19,28H,3-4,6,15,17-18,20,34H2,(H,36,41);(H,6,7)/t28-;/m0./s1. The van der Waals surface area contributed by atoms with Gasteiger partial charge in [0.05, 0.1) is 17.6 Å². The van der Waals surface area contributed by atoms with Gasteiger partial charge in [0.1, 0.15) is 11.6 Å². The number of aliphatic carboxylic acids is 1. The molecular formula is C35H32F3N5O6S. The Kier molecular flexibility index (Phi) is 11.5. The summed E-state index contributed by atoms with van der Waals surface area (Å²) in [6.07, 6.45) is -1.33. The Bertz CT molecular complexity index is 1990. The van der Waals surface area contributed by atoms with Crippen LogP contribution in [0.1, 0.15) is 40.3 Å². The number of aromatic nitrogens is 2. The van der Waals surface area contributed by atoms with Gasteiger partial charge in [-0.1, -0.05) is 30.3 Å². The highest BCUT2D eigenvalue weighted by Crippen LogP contribution is 2.29. The van der Waals surface area contributed by atoms with Crippen molar-refractivity contribution in [2.45, 2.75) is 36.4 Å². The largest absolute Gasteiger partial charge is 0.490 e. The van der Waals surface area contributed by atoms with Gasteiger partial charge in [-0.2, -0.15) is 13.2 Å². The number of para-hydroxylation sites is 2. The van der Waals surface area contributed by atoms with Crippen molar-refractivity contribution in [3.63, 3.8) is 0 Å². The predicted molar refractivity (Wildman–Crippen MR) is 181 cm³/mol. The first-order chi connectivity index (χ1) is 24.0. The maximum absolute atomic E-state index is 13.3. The first kappa shape index (κ1) is 36.0. The second kappa shape index (κ2) is 16.0. The third-order valence-electron chi connectivity index (χ3n) is 7.81. The number of ketones is 1. The SMILES string of the molecule is NCCCSc1ccc(-c2ccc3nccc(C(=O)NCC(=O)N4CCC[C@H]4C(=O)c4nc5ccccc5o4)c3c2)cc1.O=C(O)C(F)(F)F. The average Bonchev–Trinajstić information content (AvgIpc) is 3.78. The Morgan fingerprint density at radius 3 is 2.42 bits per heavy atom. The van der Waals surface area contributed by atoms with E-state index in [2.05, 4.69) is 39.6 Å². The zero-order valence-corrected chi connectivity index (χ0v) is 27.3. The van der Waals surface area contributed by atoms with Crippen LogP contribution in [-0.4, -0.2) is 81.1 Å². The molecule has 260 valence electrons. The number of hydrogen-bond acceptors (Lipinski definition) is 9. The quantitative estimate of drug-likeness (QED) is 0.0928. The van der Waals surface area contributed by atoms with Gasteiger partial charge in [0.25, 0.3) is 11.8 Å². The van der Waals surface area contributed by atoms with E-state index in [0.717, 1.165) is 23.3 Å². The minimum atomic E-state index is -5.08. The van der Waals surface area contributed by atoms with Crippen LogP contribution in [0.4, 0.5) is 13.2 Å². The van der Waals surface area contributed by atoms with Gasteiger partial charge in [-0.05, 0) is 85.2 Å². The van der Waals surface area contributed by atoms with E-state index < -0.39 is 18.2 Å². The molecule has 1 fully saturated rings. The number of carbonyl (C=O) groups excluding carboxylic acids is 3. The van der Waals surface area contributed by atoms with E-state index in [9.17, 15) is 27.6 Å². The lowest BCUT2D eigenvalue weighted by Gasteiger charge is -2.22. The molecule has 0 saturated carbocycles. The van der Waals surface area contributed by atoms with Gasteiger partial charge >= 0.3 is 12.1 Å². The monoisotopic (exact) mass is 707 g/mol. The second-order valence-corrected chi connectivity index (χ2v) is 12.4. The van der Waals surface area contributed by atoms with Gasteiger partial charge in [0.2, 0.25) is 11.7 Å². The third kappa shape index (κ3) is 8.65. The molecule has 3 aromatic carbocycles. The molecule has 0 aliphatic carbocycles. The number of nitrogens with one attached hydrogen (secondary N) is 1. The third-order valence-corrected chi connectivity index (χ3v) is 8.91. The summed E-state index contributed by atoms with van der Waals surface area (Å²) in [6.45, 7) is 0.875. The van der Waals surface area contributed by atoms with Crippen molar-refractivity contribution in [2.75, 3.05) is 25.4 Å². The van der Waals surface area contributed by atoms with Gasteiger partial charge in [0, 0.05) is 23.0 Å². The number of pyridine rings is 1. The molecular weight excluding hydrogens is 675 g/mol. The minimum Gasteiger partial charge on any atom is -0.475 e. The van der Waals surface area contributed by atoms with E-state index in [0.29, 0.717) is 53.5 Å². The van der Waals surface area contributed by atoms with Crippen molar-refractivity contribution < 1.29 is 41.9 Å². The summed E-state index contributed by atoms with van der Waals surface area (Å²) in [4.78, 5) is 60.1. The summed E-state index contributed by atoms with van der Waals surface area (Å²) in [5, 5.41) is 10.6. The number of rotatable bonds is 10. The molecule has 0 unspecified atom stereocenters. The fourth-order valence-electron chi connectivity index (χ4n) is 5.35. The van der Waals surface area contributed by atoms with Crippen molar-refractivity contribution >= 4 is 57.3 Å². The molecule has 4 N–H and O–H groups in total. The molecule has 2 amide bonds. The number of oxazole rings is 1. The maximum atomic E-state index is 13.3. The van der Waals surface area contributed by atoms with Crippen molar-refractivity contribution in [3.05, 3.63) is 90.4 Å². The number of benzene rings is 3. The van der Waals surface area contributed by atoms with Gasteiger partial charge in [0.15, 0.2) is 5.58 Å². The Balaban J connectivity index is 0.000000630. The molecule has 3 heterocycles. The van der Waals surface area contributed by atoms with E-state index in [1.807, 2.05) is 30.3 Å². The Hall–Kier alpha value is -5.28. The molecule has 1 aliphatic rings. The lowest BCUT2D eigenvalue weighted by molar-refractivity contribution is -0.192. The van der Waals surface area contributed by atoms with Crippen molar-refractivity contribution in [3.8, 4) is 11.1 Å². The second-order valence-electron chi connectivity index (χ2n) is 11.2. The number of nitrogens with zero attached hydrogens (tertiary/aromatic N) is 3. The number of fused-ring (bicyclic) bond motifs is 2. The van der Waals surface area contributed by atoms with Crippen LogP contribution in [0.25, 0.3) is 33.1 Å². The summed E-state index contributed by atoms with van der Waals surface area (Å²) >= 11 is 1.78. The van der Waals surface area contributed by atoms with Gasteiger partial charge in [-0.15, -0.1) is 11.8 Å². The number of carboxylic acid groups (broad SMARTS) is 1. The number of thioether (sulfide) groups is 1. The predicted octanol–water partition coefficient (Wildman–Crippen LogP) is 5.72. The highest BCUT2D eigenvalue weighted by molar-refractivity contribution is 7.99. The van der Waals surface area contributed by atoms with Crippen LogP contribution >= 0.6 is 11.8 Å². The molecule has 0 radical (unpaired) electrons. The lowest BCUT2D eigenvalue weighted by atomic mass is 10.0. The van der Waals surface area contributed by atoms with E-state index in [1.165, 1.54) is 9.80 Å². The highest BCUT2D eigenvalue weighted by Gasteiger charge is 2.38.